The van der Waals surface area contributed by atoms with Gasteiger partial charge in [0.05, 0.1) is 7.11 Å². The fourth-order valence-electron chi connectivity index (χ4n) is 0.931. The molecule has 0 amide bonds. The second-order valence-corrected chi connectivity index (χ2v) is 3.72. The molecule has 0 aromatic heterocycles. The van der Waals surface area contributed by atoms with Gasteiger partial charge in [0, 0.05) is 11.6 Å². The number of hydrogen-bond acceptors (Lipinski definition) is 3. The van der Waals surface area contributed by atoms with E-state index < -0.39 is 5.97 Å². The van der Waals surface area contributed by atoms with Crippen LogP contribution in [-0.4, -0.2) is 24.2 Å². The molecule has 0 aliphatic carbocycles. The zero-order valence-corrected chi connectivity index (χ0v) is 12.7. The highest BCUT2D eigenvalue weighted by atomic mass is 16.5. The summed E-state index contributed by atoms with van der Waals surface area (Å²) in [6, 6.07) is 10.3. The molecular formula is C17H22O4. The van der Waals surface area contributed by atoms with Crippen LogP contribution in [0, 0.1) is 0 Å². The molecule has 0 bridgehead atoms. The molecule has 4 heteroatoms. The van der Waals surface area contributed by atoms with Gasteiger partial charge in [-0.2, -0.15) is 0 Å². The van der Waals surface area contributed by atoms with Gasteiger partial charge < -0.3 is 9.84 Å². The summed E-state index contributed by atoms with van der Waals surface area (Å²) in [5, 5.41) is 7.60. The Kier molecular flexibility index (Phi) is 13.6. The van der Waals surface area contributed by atoms with Crippen LogP contribution in [0.5, 0.6) is 0 Å². The van der Waals surface area contributed by atoms with E-state index >= 15 is 0 Å². The maximum Gasteiger partial charge on any atom is 0.332 e. The molecule has 0 radical (unpaired) electrons. The van der Waals surface area contributed by atoms with E-state index in [1.807, 2.05) is 31.2 Å². The smallest absolute Gasteiger partial charge is 0.332 e. The maximum atomic E-state index is 10.2. The van der Waals surface area contributed by atoms with E-state index in [1.165, 1.54) is 12.7 Å². The van der Waals surface area contributed by atoms with Crippen molar-refractivity contribution in [3.63, 3.8) is 0 Å². The SMILES string of the molecule is C=C(C)C(=O)OC.C=CC(=O)O.CC=Cc1ccccc1. The first-order valence-corrected chi connectivity index (χ1v) is 6.15. The van der Waals surface area contributed by atoms with Crippen LogP contribution in [0.4, 0.5) is 0 Å². The van der Waals surface area contributed by atoms with Gasteiger partial charge >= 0.3 is 11.9 Å². The van der Waals surface area contributed by atoms with Gasteiger partial charge in [0.15, 0.2) is 0 Å². The number of carbonyl (C=O) groups is 2. The van der Waals surface area contributed by atoms with Gasteiger partial charge in [-0.3, -0.25) is 0 Å². The van der Waals surface area contributed by atoms with E-state index in [4.69, 9.17) is 5.11 Å². The summed E-state index contributed by atoms with van der Waals surface area (Å²) in [7, 11) is 1.33. The number of esters is 1. The Bertz CT molecular complexity index is 473. The summed E-state index contributed by atoms with van der Waals surface area (Å²) in [6.07, 6.45) is 4.95. The molecule has 0 spiro atoms. The first kappa shape index (κ1) is 20.7. The lowest BCUT2D eigenvalue weighted by atomic mass is 10.2. The summed E-state index contributed by atoms with van der Waals surface area (Å²) in [6.45, 7) is 9.94. The van der Waals surface area contributed by atoms with Crippen molar-refractivity contribution < 1.29 is 19.4 Å². The molecule has 1 rings (SSSR count). The molecule has 1 aromatic rings. The number of aliphatic carboxylic acids is 1. The lowest BCUT2D eigenvalue weighted by Crippen LogP contribution is -1.98. The van der Waals surface area contributed by atoms with Crippen LogP contribution >= 0.6 is 0 Å². The van der Waals surface area contributed by atoms with E-state index in [-0.39, 0.29) is 5.97 Å². The Morgan fingerprint density at radius 3 is 1.95 bits per heavy atom. The summed E-state index contributed by atoms with van der Waals surface area (Å²) >= 11 is 0. The Balaban J connectivity index is 0. The maximum absolute atomic E-state index is 10.2. The van der Waals surface area contributed by atoms with Gasteiger partial charge in [0.2, 0.25) is 0 Å². The number of methoxy groups -OCH3 is 1. The molecule has 0 unspecified atom stereocenters. The summed E-state index contributed by atoms with van der Waals surface area (Å²) < 4.78 is 4.27. The van der Waals surface area contributed by atoms with E-state index in [0.29, 0.717) is 5.57 Å². The molecule has 114 valence electrons. The van der Waals surface area contributed by atoms with E-state index in [2.05, 4.69) is 36.1 Å². The first-order chi connectivity index (χ1) is 9.88. The van der Waals surface area contributed by atoms with E-state index in [0.717, 1.165) is 6.08 Å². The molecule has 0 heterocycles. The minimum Gasteiger partial charge on any atom is -0.478 e. The van der Waals surface area contributed by atoms with Crippen LogP contribution in [0.15, 0.2) is 61.2 Å². The van der Waals surface area contributed by atoms with Crippen LogP contribution < -0.4 is 0 Å². The number of ether oxygens (including phenoxy) is 1. The second-order valence-electron chi connectivity index (χ2n) is 3.72. The van der Waals surface area contributed by atoms with Crippen LogP contribution in [-0.2, 0) is 14.3 Å². The van der Waals surface area contributed by atoms with Crippen molar-refractivity contribution in [1.29, 1.82) is 0 Å². The molecular weight excluding hydrogens is 268 g/mol. The minimum atomic E-state index is -0.981. The van der Waals surface area contributed by atoms with Gasteiger partial charge in [-0.25, -0.2) is 9.59 Å². The van der Waals surface area contributed by atoms with Crippen LogP contribution in [0.25, 0.3) is 6.08 Å². The Morgan fingerprint density at radius 1 is 1.24 bits per heavy atom. The number of allylic oxidation sites excluding steroid dienone is 1. The summed E-state index contributed by atoms with van der Waals surface area (Å²) in [5.41, 5.74) is 1.70. The number of carbonyl (C=O) groups excluding carboxylic acids is 1. The fraction of sp³-hybridized carbons (Fsp3) is 0.176. The second kappa shape index (κ2) is 13.8. The van der Waals surface area contributed by atoms with Crippen molar-refractivity contribution in [3.8, 4) is 0 Å². The number of carboxylic acid groups (broad SMARTS) is 1. The van der Waals surface area contributed by atoms with Gasteiger partial charge in [-0.15, -0.1) is 0 Å². The van der Waals surface area contributed by atoms with Crippen molar-refractivity contribution in [2.75, 3.05) is 7.11 Å². The average Bonchev–Trinajstić information content (AvgIpc) is 2.49. The lowest BCUT2D eigenvalue weighted by molar-refractivity contribution is -0.136. The van der Waals surface area contributed by atoms with Crippen LogP contribution in [0.3, 0.4) is 0 Å². The Morgan fingerprint density at radius 2 is 1.71 bits per heavy atom. The number of benzene rings is 1. The standard InChI is InChI=1S/C9H10.C5H8O2.C3H4O2/c1-2-6-9-7-4-3-5-8-9;1-4(2)5(6)7-3;1-2-3(4)5/h2-8H,1H3;1H2,2-3H3;2H,1H2,(H,4,5). The predicted octanol–water partition coefficient (Wildman–Crippen LogP) is 3.71. The third-order valence-electron chi connectivity index (χ3n) is 1.87. The number of rotatable bonds is 3. The third kappa shape index (κ3) is 15.3. The van der Waals surface area contributed by atoms with Crippen molar-refractivity contribution in [3.05, 3.63) is 66.8 Å². The van der Waals surface area contributed by atoms with Gasteiger partial charge in [0.1, 0.15) is 0 Å². The average molecular weight is 290 g/mol. The zero-order valence-electron chi connectivity index (χ0n) is 12.7. The molecule has 0 saturated heterocycles. The molecule has 1 N–H and O–H groups in total. The molecule has 21 heavy (non-hydrogen) atoms. The topological polar surface area (TPSA) is 63.6 Å². The van der Waals surface area contributed by atoms with Crippen molar-refractivity contribution in [1.82, 2.24) is 0 Å². The fourth-order valence-corrected chi connectivity index (χ4v) is 0.931. The van der Waals surface area contributed by atoms with Gasteiger partial charge in [-0.05, 0) is 19.4 Å². The highest BCUT2D eigenvalue weighted by molar-refractivity contribution is 5.86. The van der Waals surface area contributed by atoms with E-state index in [9.17, 15) is 9.59 Å². The first-order valence-electron chi connectivity index (χ1n) is 6.15. The quantitative estimate of drug-likeness (QED) is 0.681. The highest BCUT2D eigenvalue weighted by Gasteiger charge is 1.95. The van der Waals surface area contributed by atoms with Gasteiger partial charge in [-0.1, -0.05) is 55.6 Å². The van der Waals surface area contributed by atoms with Crippen LogP contribution in [0.2, 0.25) is 0 Å². The number of hydrogen-bond donors (Lipinski definition) is 1. The molecule has 0 aliphatic heterocycles. The highest BCUT2D eigenvalue weighted by Crippen LogP contribution is 1.99. The normalized spacial score (nSPS) is 8.52. The van der Waals surface area contributed by atoms with Crippen molar-refractivity contribution >= 4 is 18.0 Å². The lowest BCUT2D eigenvalue weighted by Gasteiger charge is -1.91. The van der Waals surface area contributed by atoms with Crippen molar-refractivity contribution in [2.24, 2.45) is 0 Å². The largest absolute Gasteiger partial charge is 0.478 e. The monoisotopic (exact) mass is 290 g/mol. The Hall–Kier alpha value is -2.62. The number of carboxylic acids is 1. The summed E-state index contributed by atoms with van der Waals surface area (Å²) in [4.78, 5) is 19.4. The molecule has 0 atom stereocenters. The molecule has 0 fully saturated rings. The summed E-state index contributed by atoms with van der Waals surface area (Å²) in [5.74, 6) is -1.33. The molecule has 4 nitrogen and oxygen atoms in total. The third-order valence-corrected chi connectivity index (χ3v) is 1.87. The van der Waals surface area contributed by atoms with E-state index in [1.54, 1.807) is 6.92 Å². The molecule has 0 saturated carbocycles. The van der Waals surface area contributed by atoms with Crippen LogP contribution in [0.1, 0.15) is 19.4 Å². The van der Waals surface area contributed by atoms with Crippen molar-refractivity contribution in [2.45, 2.75) is 13.8 Å². The van der Waals surface area contributed by atoms with Gasteiger partial charge in [0.25, 0.3) is 0 Å². The Labute approximate surface area is 126 Å². The predicted molar refractivity (Wildman–Crippen MR) is 85.8 cm³/mol. The molecule has 1 aromatic carbocycles. The minimum absolute atomic E-state index is 0.347. The zero-order chi connectivity index (χ0) is 16.7. The molecule has 0 aliphatic rings.